The van der Waals surface area contributed by atoms with Crippen molar-refractivity contribution < 1.29 is 5.11 Å². The molecule has 3 nitrogen and oxygen atoms in total. The number of rotatable bonds is 5. The summed E-state index contributed by atoms with van der Waals surface area (Å²) in [6.07, 6.45) is 5.09. The summed E-state index contributed by atoms with van der Waals surface area (Å²) < 4.78 is 0. The molecule has 1 aromatic rings. The molecule has 0 bridgehead atoms. The number of phenolic OH excluding ortho intramolecular Hbond substituents is 1. The van der Waals surface area contributed by atoms with Gasteiger partial charge in [0.1, 0.15) is 5.75 Å². The van der Waals surface area contributed by atoms with Gasteiger partial charge in [-0.15, -0.1) is 0 Å². The molecule has 0 spiro atoms. The molecule has 1 aromatic carbocycles. The minimum Gasteiger partial charge on any atom is -0.508 e. The zero-order valence-electron chi connectivity index (χ0n) is 11.1. The van der Waals surface area contributed by atoms with Crippen molar-refractivity contribution in [2.45, 2.75) is 44.3 Å². The minimum absolute atomic E-state index is 0.317. The SMILES string of the molecule is Oc1cccc(Cl)c1CN(CC1CCCN1)C1CC1. The molecular weight excluding hydrogens is 260 g/mol. The average Bonchev–Trinajstić information content (AvgIpc) is 3.11. The summed E-state index contributed by atoms with van der Waals surface area (Å²) in [5.74, 6) is 0.317. The number of hydrogen-bond acceptors (Lipinski definition) is 3. The Labute approximate surface area is 119 Å². The van der Waals surface area contributed by atoms with E-state index in [1.165, 1.54) is 25.7 Å². The molecule has 1 atom stereocenters. The summed E-state index contributed by atoms with van der Waals surface area (Å²) in [7, 11) is 0. The summed E-state index contributed by atoms with van der Waals surface area (Å²) in [5.41, 5.74) is 0.870. The number of nitrogens with one attached hydrogen (secondary N) is 1. The van der Waals surface area contributed by atoms with Gasteiger partial charge in [-0.2, -0.15) is 0 Å². The average molecular weight is 281 g/mol. The van der Waals surface area contributed by atoms with Gasteiger partial charge >= 0.3 is 0 Å². The Morgan fingerprint density at radius 2 is 2.16 bits per heavy atom. The summed E-state index contributed by atoms with van der Waals surface area (Å²) in [4.78, 5) is 2.48. The fourth-order valence-electron chi connectivity index (χ4n) is 2.88. The van der Waals surface area contributed by atoms with Crippen LogP contribution in [0.4, 0.5) is 0 Å². The number of aromatic hydroxyl groups is 1. The van der Waals surface area contributed by atoms with Gasteiger partial charge in [0.15, 0.2) is 0 Å². The largest absolute Gasteiger partial charge is 0.508 e. The van der Waals surface area contributed by atoms with Gasteiger partial charge in [0.2, 0.25) is 0 Å². The van der Waals surface area contributed by atoms with Crippen LogP contribution in [0.3, 0.4) is 0 Å². The van der Waals surface area contributed by atoms with Gasteiger partial charge in [0.25, 0.3) is 0 Å². The second kappa shape index (κ2) is 5.70. The predicted octanol–water partition coefficient (Wildman–Crippen LogP) is 2.76. The van der Waals surface area contributed by atoms with E-state index in [9.17, 15) is 5.11 Å². The highest BCUT2D eigenvalue weighted by atomic mass is 35.5. The fourth-order valence-corrected chi connectivity index (χ4v) is 3.11. The molecule has 104 valence electrons. The lowest BCUT2D eigenvalue weighted by atomic mass is 10.1. The van der Waals surface area contributed by atoms with E-state index in [0.717, 1.165) is 25.2 Å². The highest BCUT2D eigenvalue weighted by molar-refractivity contribution is 6.31. The molecule has 1 saturated heterocycles. The third-order valence-electron chi connectivity index (χ3n) is 4.14. The van der Waals surface area contributed by atoms with Crippen LogP contribution in [0.1, 0.15) is 31.2 Å². The molecule has 2 fully saturated rings. The monoisotopic (exact) mass is 280 g/mol. The van der Waals surface area contributed by atoms with Crippen molar-refractivity contribution in [2.24, 2.45) is 0 Å². The lowest BCUT2D eigenvalue weighted by molar-refractivity contribution is 0.228. The Bertz CT molecular complexity index is 422. The van der Waals surface area contributed by atoms with Crippen molar-refractivity contribution in [3.63, 3.8) is 0 Å². The maximum absolute atomic E-state index is 9.98. The summed E-state index contributed by atoms with van der Waals surface area (Å²) in [6.45, 7) is 2.96. The molecule has 4 heteroatoms. The van der Waals surface area contributed by atoms with Crippen molar-refractivity contribution >= 4 is 11.6 Å². The number of nitrogens with zero attached hydrogens (tertiary/aromatic N) is 1. The predicted molar refractivity (Wildman–Crippen MR) is 77.6 cm³/mol. The lowest BCUT2D eigenvalue weighted by Crippen LogP contribution is -2.38. The molecule has 19 heavy (non-hydrogen) atoms. The molecule has 1 saturated carbocycles. The van der Waals surface area contributed by atoms with Gasteiger partial charge in [0.05, 0.1) is 0 Å². The van der Waals surface area contributed by atoms with Gasteiger partial charge in [-0.3, -0.25) is 4.90 Å². The first-order valence-electron chi connectivity index (χ1n) is 7.18. The molecule has 0 radical (unpaired) electrons. The highest BCUT2D eigenvalue weighted by Crippen LogP contribution is 2.33. The molecule has 1 aliphatic carbocycles. The van der Waals surface area contributed by atoms with Gasteiger partial charge < -0.3 is 10.4 Å². The zero-order valence-corrected chi connectivity index (χ0v) is 11.9. The fraction of sp³-hybridized carbons (Fsp3) is 0.600. The van der Waals surface area contributed by atoms with Crippen LogP contribution in [0.2, 0.25) is 5.02 Å². The van der Waals surface area contributed by atoms with Gasteiger partial charge in [-0.25, -0.2) is 0 Å². The number of halogens is 1. The zero-order chi connectivity index (χ0) is 13.2. The molecule has 3 rings (SSSR count). The van der Waals surface area contributed by atoms with Crippen LogP contribution in [0.5, 0.6) is 5.75 Å². The molecule has 1 aliphatic heterocycles. The summed E-state index contributed by atoms with van der Waals surface area (Å²) >= 11 is 6.21. The lowest BCUT2D eigenvalue weighted by Gasteiger charge is -2.26. The van der Waals surface area contributed by atoms with Crippen molar-refractivity contribution in [3.8, 4) is 5.75 Å². The Hall–Kier alpha value is -0.770. The van der Waals surface area contributed by atoms with Crippen molar-refractivity contribution in [2.75, 3.05) is 13.1 Å². The van der Waals surface area contributed by atoms with E-state index in [0.29, 0.717) is 22.9 Å². The van der Waals surface area contributed by atoms with Crippen LogP contribution in [0.25, 0.3) is 0 Å². The Kier molecular flexibility index (Phi) is 3.96. The topological polar surface area (TPSA) is 35.5 Å². The molecular formula is C15H21ClN2O. The summed E-state index contributed by atoms with van der Waals surface area (Å²) in [6, 6.07) is 6.65. The second-order valence-electron chi connectivity index (χ2n) is 5.69. The first-order valence-corrected chi connectivity index (χ1v) is 7.55. The molecule has 0 aromatic heterocycles. The quantitative estimate of drug-likeness (QED) is 0.871. The number of benzene rings is 1. The van der Waals surface area contributed by atoms with Crippen LogP contribution < -0.4 is 5.32 Å². The molecule has 1 heterocycles. The molecule has 2 aliphatic rings. The maximum atomic E-state index is 9.98. The van der Waals surface area contributed by atoms with Crippen LogP contribution >= 0.6 is 11.6 Å². The smallest absolute Gasteiger partial charge is 0.121 e. The Balaban J connectivity index is 1.70. The van der Waals surface area contributed by atoms with Crippen LogP contribution in [0.15, 0.2) is 18.2 Å². The van der Waals surface area contributed by atoms with E-state index in [-0.39, 0.29) is 0 Å². The number of hydrogen-bond donors (Lipinski definition) is 2. The van der Waals surface area contributed by atoms with Gasteiger partial charge in [-0.1, -0.05) is 17.7 Å². The highest BCUT2D eigenvalue weighted by Gasteiger charge is 2.32. The maximum Gasteiger partial charge on any atom is 0.121 e. The first-order chi connectivity index (χ1) is 9.24. The van der Waals surface area contributed by atoms with E-state index in [4.69, 9.17) is 11.6 Å². The Morgan fingerprint density at radius 3 is 2.79 bits per heavy atom. The molecule has 1 unspecified atom stereocenters. The van der Waals surface area contributed by atoms with Gasteiger partial charge in [-0.05, 0) is 44.4 Å². The minimum atomic E-state index is 0.317. The first kappa shape index (κ1) is 13.2. The van der Waals surface area contributed by atoms with E-state index in [1.807, 2.05) is 6.07 Å². The van der Waals surface area contributed by atoms with E-state index in [1.54, 1.807) is 12.1 Å². The van der Waals surface area contributed by atoms with E-state index in [2.05, 4.69) is 10.2 Å². The van der Waals surface area contributed by atoms with Crippen LogP contribution in [-0.2, 0) is 6.54 Å². The normalized spacial score (nSPS) is 23.2. The van der Waals surface area contributed by atoms with E-state index < -0.39 is 0 Å². The van der Waals surface area contributed by atoms with Crippen molar-refractivity contribution in [3.05, 3.63) is 28.8 Å². The van der Waals surface area contributed by atoms with Crippen LogP contribution in [-0.4, -0.2) is 35.2 Å². The van der Waals surface area contributed by atoms with Crippen LogP contribution in [0, 0.1) is 0 Å². The van der Waals surface area contributed by atoms with Crippen molar-refractivity contribution in [1.29, 1.82) is 0 Å². The third kappa shape index (κ3) is 3.22. The van der Waals surface area contributed by atoms with E-state index >= 15 is 0 Å². The number of phenols is 1. The standard InChI is InChI=1S/C15H21ClN2O/c16-14-4-1-5-15(19)13(14)10-18(12-6-7-12)9-11-3-2-8-17-11/h1,4-5,11-12,17,19H,2-3,6-10H2. The molecule has 2 N–H and O–H groups in total. The molecule has 0 amide bonds. The third-order valence-corrected chi connectivity index (χ3v) is 4.49. The second-order valence-corrected chi connectivity index (χ2v) is 6.10. The Morgan fingerprint density at radius 1 is 1.32 bits per heavy atom. The van der Waals surface area contributed by atoms with Gasteiger partial charge in [0, 0.05) is 35.8 Å². The summed E-state index contributed by atoms with van der Waals surface area (Å²) in [5, 5.41) is 14.2. The van der Waals surface area contributed by atoms with Crippen molar-refractivity contribution in [1.82, 2.24) is 10.2 Å².